The maximum absolute atomic E-state index is 12.8. The summed E-state index contributed by atoms with van der Waals surface area (Å²) in [5, 5.41) is 9.53. The molecule has 0 spiro atoms. The number of piperidine rings is 1. The van der Waals surface area contributed by atoms with E-state index in [2.05, 4.69) is 32.2 Å². The number of rotatable bonds is 4. The average molecular weight is 440 g/mol. The lowest BCUT2D eigenvalue weighted by Gasteiger charge is -2.33. The molecule has 1 aliphatic heterocycles. The third-order valence-electron chi connectivity index (χ3n) is 6.65. The van der Waals surface area contributed by atoms with Crippen LogP contribution in [0.3, 0.4) is 0 Å². The van der Waals surface area contributed by atoms with E-state index in [0.29, 0.717) is 17.7 Å². The van der Waals surface area contributed by atoms with Crippen LogP contribution in [0, 0.1) is 0 Å². The second-order valence-corrected chi connectivity index (χ2v) is 8.66. The summed E-state index contributed by atoms with van der Waals surface area (Å²) in [7, 11) is 1.75. The Kier molecular flexibility index (Phi) is 4.80. The van der Waals surface area contributed by atoms with Gasteiger partial charge in [0.05, 0.1) is 35.4 Å². The normalized spacial score (nSPS) is 17.2. The maximum atomic E-state index is 12.8. The molecule has 166 valence electrons. The first-order valence-electron chi connectivity index (χ1n) is 11.4. The van der Waals surface area contributed by atoms with Gasteiger partial charge < -0.3 is 4.98 Å². The van der Waals surface area contributed by atoms with E-state index in [-0.39, 0.29) is 11.6 Å². The molecule has 0 radical (unpaired) electrons. The maximum Gasteiger partial charge on any atom is 0.262 e. The van der Waals surface area contributed by atoms with Crippen LogP contribution in [0.15, 0.2) is 65.6 Å². The molecular weight excluding hydrogens is 414 g/mol. The Morgan fingerprint density at radius 1 is 1.03 bits per heavy atom. The van der Waals surface area contributed by atoms with E-state index in [1.54, 1.807) is 11.6 Å². The van der Waals surface area contributed by atoms with Gasteiger partial charge >= 0.3 is 0 Å². The van der Waals surface area contributed by atoms with E-state index in [0.717, 1.165) is 47.8 Å². The lowest BCUT2D eigenvalue weighted by Crippen LogP contribution is -2.34. The fourth-order valence-corrected chi connectivity index (χ4v) is 4.94. The highest BCUT2D eigenvalue weighted by Gasteiger charge is 2.28. The second kappa shape index (κ2) is 7.97. The first-order valence-corrected chi connectivity index (χ1v) is 11.4. The highest BCUT2D eigenvalue weighted by atomic mass is 16.1. The van der Waals surface area contributed by atoms with Crippen molar-refractivity contribution >= 4 is 16.7 Å². The number of aromatic nitrogens is 6. The highest BCUT2D eigenvalue weighted by Crippen LogP contribution is 2.32. The summed E-state index contributed by atoms with van der Waals surface area (Å²) in [6.45, 7) is 1.60. The van der Waals surface area contributed by atoms with Crippen molar-refractivity contribution in [3.05, 3.63) is 82.8 Å². The number of hydrogen-bond acceptors (Lipinski definition) is 5. The van der Waals surface area contributed by atoms with Crippen LogP contribution >= 0.6 is 0 Å². The number of aryl methyl sites for hydroxylation is 1. The van der Waals surface area contributed by atoms with E-state index in [1.165, 1.54) is 6.42 Å². The Morgan fingerprint density at radius 3 is 2.73 bits per heavy atom. The predicted molar refractivity (Wildman–Crippen MR) is 127 cm³/mol. The largest absolute Gasteiger partial charge is 0.341 e. The molecule has 1 saturated heterocycles. The van der Waals surface area contributed by atoms with Crippen molar-refractivity contribution in [1.29, 1.82) is 0 Å². The van der Waals surface area contributed by atoms with Crippen LogP contribution in [-0.2, 0) is 13.6 Å². The Balaban J connectivity index is 1.38. The van der Waals surface area contributed by atoms with E-state index >= 15 is 0 Å². The summed E-state index contributed by atoms with van der Waals surface area (Å²) in [4.78, 5) is 23.5. The van der Waals surface area contributed by atoms with Gasteiger partial charge in [-0.25, -0.2) is 4.98 Å². The lowest BCUT2D eigenvalue weighted by molar-refractivity contribution is 0.130. The number of benzene rings is 2. The molecule has 1 aliphatic rings. The number of nitrogens with one attached hydrogen (secondary N) is 1. The number of nitrogens with zero attached hydrogens (tertiary/aromatic N) is 6. The average Bonchev–Trinajstić information content (AvgIpc) is 3.52. The monoisotopic (exact) mass is 439 g/mol. The minimum Gasteiger partial charge on any atom is -0.341 e. The Morgan fingerprint density at radius 2 is 1.85 bits per heavy atom. The van der Waals surface area contributed by atoms with E-state index in [9.17, 15) is 4.79 Å². The molecule has 1 atom stereocenters. The van der Waals surface area contributed by atoms with Crippen LogP contribution in [0.1, 0.15) is 37.0 Å². The molecule has 1 N–H and O–H groups in total. The van der Waals surface area contributed by atoms with Gasteiger partial charge in [-0.2, -0.15) is 0 Å². The summed E-state index contributed by atoms with van der Waals surface area (Å²) in [6.07, 6.45) is 5.27. The van der Waals surface area contributed by atoms with Crippen LogP contribution in [0.25, 0.3) is 27.9 Å². The highest BCUT2D eigenvalue weighted by molar-refractivity contribution is 5.80. The van der Waals surface area contributed by atoms with Crippen LogP contribution in [-0.4, -0.2) is 40.6 Å². The van der Waals surface area contributed by atoms with Gasteiger partial charge in [0.25, 0.3) is 5.56 Å². The van der Waals surface area contributed by atoms with Gasteiger partial charge in [0, 0.05) is 7.05 Å². The number of H-pyrrole nitrogens is 1. The predicted octanol–water partition coefficient (Wildman–Crippen LogP) is 3.70. The molecule has 8 nitrogen and oxygen atoms in total. The molecule has 4 heterocycles. The summed E-state index contributed by atoms with van der Waals surface area (Å²) >= 11 is 0. The molecule has 1 unspecified atom stereocenters. The Bertz CT molecular complexity index is 1500. The zero-order valence-corrected chi connectivity index (χ0v) is 18.5. The molecule has 3 aromatic heterocycles. The van der Waals surface area contributed by atoms with E-state index in [1.807, 2.05) is 53.1 Å². The number of fused-ring (bicyclic) bond motifs is 3. The molecule has 0 aliphatic carbocycles. The minimum absolute atomic E-state index is 0.0584. The minimum atomic E-state index is -0.0584. The Labute approximate surface area is 190 Å². The van der Waals surface area contributed by atoms with Crippen molar-refractivity contribution in [3.8, 4) is 11.3 Å². The molecule has 0 bridgehead atoms. The van der Waals surface area contributed by atoms with Crippen LogP contribution in [0.5, 0.6) is 0 Å². The van der Waals surface area contributed by atoms with Gasteiger partial charge in [-0.15, -0.1) is 10.2 Å². The van der Waals surface area contributed by atoms with Crippen molar-refractivity contribution in [2.45, 2.75) is 31.8 Å². The molecular formula is C25H25N7O. The van der Waals surface area contributed by atoms with E-state index in [4.69, 9.17) is 4.98 Å². The van der Waals surface area contributed by atoms with Crippen molar-refractivity contribution in [3.63, 3.8) is 0 Å². The van der Waals surface area contributed by atoms with Gasteiger partial charge in [-0.1, -0.05) is 48.9 Å². The number of hydrogen-bond donors (Lipinski definition) is 1. The summed E-state index contributed by atoms with van der Waals surface area (Å²) in [6, 6.07) is 18.1. The zero-order chi connectivity index (χ0) is 22.4. The summed E-state index contributed by atoms with van der Waals surface area (Å²) in [5.74, 6) is 2.38. The fraction of sp³-hybridized carbons (Fsp3) is 0.280. The number of likely N-dealkylation sites (tertiary alicyclic amines) is 1. The number of para-hydroxylation sites is 1. The molecule has 0 saturated carbocycles. The SMILES string of the molecule is Cn1c(=O)c2ccccc2n2c(CN3CCCCC3c3ncc(-c4ccccc4)[nH]3)nnc12. The summed E-state index contributed by atoms with van der Waals surface area (Å²) < 4.78 is 3.59. The van der Waals surface area contributed by atoms with Gasteiger partial charge in [-0.05, 0) is 37.1 Å². The van der Waals surface area contributed by atoms with Crippen molar-refractivity contribution in [1.82, 2.24) is 34.0 Å². The first-order chi connectivity index (χ1) is 16.2. The standard InChI is InChI=1S/C25H25N7O/c1-30-24(33)18-11-5-6-12-20(18)32-22(28-29-25(30)32)16-31-14-8-7-13-21(31)23-26-15-19(27-23)17-9-3-2-4-10-17/h2-6,9-12,15,21H,7-8,13-14,16H2,1H3,(H,26,27). The lowest BCUT2D eigenvalue weighted by atomic mass is 10.0. The fourth-order valence-electron chi connectivity index (χ4n) is 4.94. The van der Waals surface area contributed by atoms with Crippen LogP contribution in [0.4, 0.5) is 0 Å². The number of imidazole rings is 1. The van der Waals surface area contributed by atoms with Gasteiger partial charge in [0.1, 0.15) is 5.82 Å². The molecule has 0 amide bonds. The molecule has 2 aromatic carbocycles. The van der Waals surface area contributed by atoms with Gasteiger partial charge in [0.2, 0.25) is 5.78 Å². The first kappa shape index (κ1) is 19.9. The second-order valence-electron chi connectivity index (χ2n) is 8.66. The molecule has 6 rings (SSSR count). The van der Waals surface area contributed by atoms with Crippen molar-refractivity contribution in [2.24, 2.45) is 7.05 Å². The van der Waals surface area contributed by atoms with Crippen molar-refractivity contribution < 1.29 is 0 Å². The molecule has 1 fully saturated rings. The molecule has 8 heteroatoms. The molecule has 5 aromatic rings. The van der Waals surface area contributed by atoms with Gasteiger partial charge in [0.15, 0.2) is 5.82 Å². The third-order valence-corrected chi connectivity index (χ3v) is 6.65. The van der Waals surface area contributed by atoms with Crippen LogP contribution < -0.4 is 5.56 Å². The van der Waals surface area contributed by atoms with E-state index < -0.39 is 0 Å². The quantitative estimate of drug-likeness (QED) is 0.462. The number of aromatic amines is 1. The van der Waals surface area contributed by atoms with Crippen LogP contribution in [0.2, 0.25) is 0 Å². The third kappa shape index (κ3) is 3.34. The smallest absolute Gasteiger partial charge is 0.262 e. The summed E-state index contributed by atoms with van der Waals surface area (Å²) in [5.41, 5.74) is 2.95. The molecule has 33 heavy (non-hydrogen) atoms. The van der Waals surface area contributed by atoms with Gasteiger partial charge in [-0.3, -0.25) is 18.7 Å². The zero-order valence-electron chi connectivity index (χ0n) is 18.5. The van der Waals surface area contributed by atoms with Crippen molar-refractivity contribution in [2.75, 3.05) is 6.54 Å². The Hall–Kier alpha value is -3.78. The topological polar surface area (TPSA) is 84.1 Å².